The Balaban J connectivity index is 1.60. The van der Waals surface area contributed by atoms with Gasteiger partial charge < -0.3 is 21.1 Å². The molecule has 1 aliphatic heterocycles. The number of amides is 3. The normalized spacial score (nSPS) is 22.5. The third-order valence-electron chi connectivity index (χ3n) is 9.90. The highest BCUT2D eigenvalue weighted by Gasteiger charge is 2.46. The van der Waals surface area contributed by atoms with Gasteiger partial charge in [0.2, 0.25) is 17.7 Å². The molecule has 2 fully saturated rings. The van der Waals surface area contributed by atoms with Gasteiger partial charge in [-0.2, -0.15) is 5.10 Å². The van der Waals surface area contributed by atoms with Crippen molar-refractivity contribution in [2.24, 2.45) is 11.8 Å². The third-order valence-corrected chi connectivity index (χ3v) is 12.0. The summed E-state index contributed by atoms with van der Waals surface area (Å²) < 4.78 is 25.6. The molecule has 48 heavy (non-hydrogen) atoms. The summed E-state index contributed by atoms with van der Waals surface area (Å²) in [7, 11) is -3.85. The zero-order chi connectivity index (χ0) is 35.3. The summed E-state index contributed by atoms with van der Waals surface area (Å²) in [6.45, 7) is 9.24. The predicted octanol–water partition coefficient (Wildman–Crippen LogP) is 2.07. The van der Waals surface area contributed by atoms with Gasteiger partial charge in [-0.15, -0.1) is 0 Å². The molecule has 1 aliphatic carbocycles. The van der Waals surface area contributed by atoms with E-state index in [1.165, 1.54) is 24.7 Å². The first-order valence-corrected chi connectivity index (χ1v) is 18.9. The standard InChI is InChI=1S/C35H54N6O6S/c1-34(2,3)39-32(44)28-20-25-15-10-11-16-26(25)21-40(28)22-29(42)27(19-24-13-8-7-9-14-24)37-33(45)31(35(4,5)48(6,46)47)38-30(43)23-41-18-12-17-36-41/h7-9,12-14,17-18,25-29,31,42H,10-11,15-16,19-23H2,1-6H3,(H,37,45)(H,38,43)(H,39,44). The van der Waals surface area contributed by atoms with E-state index in [-0.39, 0.29) is 25.4 Å². The highest BCUT2D eigenvalue weighted by Crippen LogP contribution is 2.39. The number of likely N-dealkylation sites (tertiary alicyclic amines) is 1. The highest BCUT2D eigenvalue weighted by molar-refractivity contribution is 7.92. The summed E-state index contributed by atoms with van der Waals surface area (Å²) in [6, 6.07) is 8.30. The molecule has 1 aromatic carbocycles. The van der Waals surface area contributed by atoms with Crippen molar-refractivity contribution in [2.75, 3.05) is 19.3 Å². The molecule has 2 aromatic rings. The fraction of sp³-hybridized carbons (Fsp3) is 0.657. The Morgan fingerprint density at radius 1 is 1.00 bits per heavy atom. The first-order chi connectivity index (χ1) is 22.4. The molecule has 0 radical (unpaired) electrons. The Morgan fingerprint density at radius 2 is 1.67 bits per heavy atom. The van der Waals surface area contributed by atoms with Crippen LogP contribution < -0.4 is 16.0 Å². The van der Waals surface area contributed by atoms with Gasteiger partial charge in [0.15, 0.2) is 9.84 Å². The van der Waals surface area contributed by atoms with Gasteiger partial charge >= 0.3 is 0 Å². The van der Waals surface area contributed by atoms with Crippen molar-refractivity contribution in [2.45, 2.75) is 114 Å². The number of hydrogen-bond acceptors (Lipinski definition) is 8. The molecule has 0 spiro atoms. The number of aromatic nitrogens is 2. The molecule has 13 heteroatoms. The Morgan fingerprint density at radius 3 is 2.27 bits per heavy atom. The van der Waals surface area contributed by atoms with Crippen molar-refractivity contribution in [1.29, 1.82) is 0 Å². The van der Waals surface area contributed by atoms with Crippen molar-refractivity contribution in [3.63, 3.8) is 0 Å². The average molecular weight is 687 g/mol. The molecule has 2 aliphatic rings. The molecule has 6 unspecified atom stereocenters. The van der Waals surface area contributed by atoms with E-state index in [0.717, 1.165) is 37.5 Å². The number of rotatable bonds is 13. The molecule has 266 valence electrons. The highest BCUT2D eigenvalue weighted by atomic mass is 32.2. The molecule has 12 nitrogen and oxygen atoms in total. The van der Waals surface area contributed by atoms with Crippen molar-refractivity contribution in [3.05, 3.63) is 54.4 Å². The maximum Gasteiger partial charge on any atom is 0.244 e. The van der Waals surface area contributed by atoms with E-state index in [1.54, 1.807) is 12.3 Å². The van der Waals surface area contributed by atoms with Crippen LogP contribution in [0.3, 0.4) is 0 Å². The SMILES string of the molecule is CC(C)(C)NC(=O)C1CC2CCCCC2CN1CC(O)C(Cc1ccccc1)NC(=O)C(NC(=O)Cn1cccn1)C(C)(C)S(C)(=O)=O. The quantitative estimate of drug-likeness (QED) is 0.249. The van der Waals surface area contributed by atoms with Gasteiger partial charge in [0, 0.05) is 37.3 Å². The number of nitrogens with one attached hydrogen (secondary N) is 3. The second-order valence-electron chi connectivity index (χ2n) is 15.2. The number of β-amino-alcohol motifs (C(OH)–C–C–N with tert-alkyl or cyclic N) is 1. The first-order valence-electron chi connectivity index (χ1n) is 17.0. The lowest BCUT2D eigenvalue weighted by Gasteiger charge is -2.47. The van der Waals surface area contributed by atoms with Crippen LogP contribution in [0, 0.1) is 11.8 Å². The number of carbonyl (C=O) groups excluding carboxylic acids is 3. The number of benzene rings is 1. The summed E-state index contributed by atoms with van der Waals surface area (Å²) in [5, 5.41) is 24.6. The molecule has 1 saturated carbocycles. The van der Waals surface area contributed by atoms with Gasteiger partial charge in [-0.1, -0.05) is 49.6 Å². The summed E-state index contributed by atoms with van der Waals surface area (Å²) in [5.41, 5.74) is 0.439. The molecular weight excluding hydrogens is 632 g/mol. The van der Waals surface area contributed by atoms with Gasteiger partial charge in [-0.05, 0) is 77.3 Å². The first kappa shape index (κ1) is 37.5. The molecular formula is C35H54N6O6S. The summed E-state index contributed by atoms with van der Waals surface area (Å²) in [5.74, 6) is -0.507. The van der Waals surface area contributed by atoms with Gasteiger partial charge in [-0.25, -0.2) is 8.42 Å². The molecule has 6 atom stereocenters. The number of aliphatic hydroxyl groups excluding tert-OH is 1. The number of piperidine rings is 1. The lowest BCUT2D eigenvalue weighted by molar-refractivity contribution is -0.133. The van der Waals surface area contributed by atoms with E-state index in [1.807, 2.05) is 51.1 Å². The van der Waals surface area contributed by atoms with Crippen molar-refractivity contribution in [1.82, 2.24) is 30.6 Å². The largest absolute Gasteiger partial charge is 0.390 e. The van der Waals surface area contributed by atoms with E-state index in [4.69, 9.17) is 0 Å². The molecule has 0 bridgehead atoms. The van der Waals surface area contributed by atoms with Crippen molar-refractivity contribution >= 4 is 27.6 Å². The van der Waals surface area contributed by atoms with Crippen molar-refractivity contribution in [3.8, 4) is 0 Å². The monoisotopic (exact) mass is 686 g/mol. The fourth-order valence-electron chi connectivity index (χ4n) is 6.93. The van der Waals surface area contributed by atoms with Crippen LogP contribution in [0.2, 0.25) is 0 Å². The lowest BCUT2D eigenvalue weighted by Crippen LogP contribution is -2.64. The van der Waals surface area contributed by atoms with E-state index < -0.39 is 56.2 Å². The predicted molar refractivity (Wildman–Crippen MR) is 184 cm³/mol. The minimum absolute atomic E-state index is 0.0720. The van der Waals surface area contributed by atoms with Gasteiger partial charge in [0.1, 0.15) is 12.6 Å². The Hall–Kier alpha value is -3.29. The second-order valence-corrected chi connectivity index (χ2v) is 17.8. The summed E-state index contributed by atoms with van der Waals surface area (Å²) in [4.78, 5) is 42.8. The molecule has 4 rings (SSSR count). The second kappa shape index (κ2) is 15.5. The zero-order valence-electron chi connectivity index (χ0n) is 29.2. The van der Waals surface area contributed by atoms with E-state index in [9.17, 15) is 27.9 Å². The minimum Gasteiger partial charge on any atom is -0.390 e. The van der Waals surface area contributed by atoms with Crippen LogP contribution in [0.25, 0.3) is 0 Å². The maximum absolute atomic E-state index is 14.1. The number of aliphatic hydroxyl groups is 1. The molecule has 3 amide bonds. The fourth-order valence-corrected chi connectivity index (χ4v) is 7.52. The Kier molecular flexibility index (Phi) is 12.1. The van der Waals surface area contributed by atoms with Crippen LogP contribution in [-0.2, 0) is 37.2 Å². The molecule has 1 saturated heterocycles. The smallest absolute Gasteiger partial charge is 0.244 e. The van der Waals surface area contributed by atoms with Crippen LogP contribution in [0.5, 0.6) is 0 Å². The molecule has 1 aromatic heterocycles. The van der Waals surface area contributed by atoms with Crippen LogP contribution in [0.15, 0.2) is 48.8 Å². The topological polar surface area (TPSA) is 163 Å². The Bertz CT molecular complexity index is 1490. The van der Waals surface area contributed by atoms with Crippen LogP contribution in [-0.4, -0.2) is 99.8 Å². The van der Waals surface area contributed by atoms with Crippen LogP contribution in [0.4, 0.5) is 0 Å². The number of fused-ring (bicyclic) bond motifs is 1. The maximum atomic E-state index is 14.1. The lowest BCUT2D eigenvalue weighted by atomic mass is 9.72. The summed E-state index contributed by atoms with van der Waals surface area (Å²) in [6.07, 6.45) is 8.46. The van der Waals surface area contributed by atoms with Gasteiger partial charge in [-0.3, -0.25) is 24.0 Å². The Labute approximate surface area is 285 Å². The molecule has 4 N–H and O–H groups in total. The van der Waals surface area contributed by atoms with Crippen LogP contribution >= 0.6 is 0 Å². The van der Waals surface area contributed by atoms with Crippen LogP contribution in [0.1, 0.15) is 72.3 Å². The number of hydrogen-bond donors (Lipinski definition) is 4. The zero-order valence-corrected chi connectivity index (χ0v) is 30.0. The minimum atomic E-state index is -3.85. The van der Waals surface area contributed by atoms with E-state index in [2.05, 4.69) is 25.9 Å². The summed E-state index contributed by atoms with van der Waals surface area (Å²) >= 11 is 0. The number of sulfone groups is 1. The van der Waals surface area contributed by atoms with Gasteiger partial charge in [0.05, 0.1) is 22.9 Å². The third kappa shape index (κ3) is 9.88. The average Bonchev–Trinajstić information content (AvgIpc) is 3.51. The van der Waals surface area contributed by atoms with E-state index in [0.29, 0.717) is 24.8 Å². The van der Waals surface area contributed by atoms with Gasteiger partial charge in [0.25, 0.3) is 0 Å². The number of carbonyl (C=O) groups is 3. The molecule has 2 heterocycles. The number of nitrogens with zero attached hydrogens (tertiary/aromatic N) is 3. The van der Waals surface area contributed by atoms with E-state index >= 15 is 0 Å². The van der Waals surface area contributed by atoms with Crippen molar-refractivity contribution < 1.29 is 27.9 Å².